The molecule has 0 spiro atoms. The lowest BCUT2D eigenvalue weighted by atomic mass is 10.0. The van der Waals surface area contributed by atoms with Crippen LogP contribution in [0.4, 0.5) is 0 Å². The Kier molecular flexibility index (Phi) is 6.95. The van der Waals surface area contributed by atoms with Gasteiger partial charge in [0.2, 0.25) is 0 Å². The molecule has 1 aromatic carbocycles. The Hall–Kier alpha value is -0.470. The summed E-state index contributed by atoms with van der Waals surface area (Å²) in [6.07, 6.45) is 2.30. The summed E-state index contributed by atoms with van der Waals surface area (Å²) in [4.78, 5) is 0. The first kappa shape index (κ1) is 16.6. The van der Waals surface area contributed by atoms with Gasteiger partial charge in [0.05, 0.1) is 0 Å². The second kappa shape index (κ2) is 7.96. The second-order valence-electron chi connectivity index (χ2n) is 6.03. The molecule has 0 aliphatic carbocycles. The van der Waals surface area contributed by atoms with Gasteiger partial charge in [0, 0.05) is 16.5 Å². The van der Waals surface area contributed by atoms with Gasteiger partial charge in [0.15, 0.2) is 0 Å². The van der Waals surface area contributed by atoms with Crippen molar-refractivity contribution < 1.29 is 0 Å². The molecule has 0 saturated carbocycles. The zero-order chi connectivity index (χ0) is 14.3. The van der Waals surface area contributed by atoms with E-state index in [1.807, 2.05) is 11.8 Å². The minimum absolute atomic E-state index is 0.329. The van der Waals surface area contributed by atoms with Crippen molar-refractivity contribution in [2.24, 2.45) is 0 Å². The van der Waals surface area contributed by atoms with E-state index in [2.05, 4.69) is 64.2 Å². The fourth-order valence-electron chi connectivity index (χ4n) is 1.91. The van der Waals surface area contributed by atoms with Crippen molar-refractivity contribution in [2.45, 2.75) is 58.2 Å². The largest absolute Gasteiger partial charge is 0.309 e. The van der Waals surface area contributed by atoms with Gasteiger partial charge in [-0.05, 0) is 30.5 Å². The number of hydrogen-bond acceptors (Lipinski definition) is 2. The third kappa shape index (κ3) is 6.49. The van der Waals surface area contributed by atoms with Crippen LogP contribution in [0.25, 0.3) is 0 Å². The van der Waals surface area contributed by atoms with E-state index >= 15 is 0 Å². The van der Waals surface area contributed by atoms with E-state index in [9.17, 15) is 0 Å². The van der Waals surface area contributed by atoms with Gasteiger partial charge in [-0.3, -0.25) is 0 Å². The molecule has 1 unspecified atom stereocenters. The molecule has 1 rings (SSSR count). The highest BCUT2D eigenvalue weighted by atomic mass is 32.2. The molecule has 1 atom stereocenters. The highest BCUT2D eigenvalue weighted by molar-refractivity contribution is 8.00. The van der Waals surface area contributed by atoms with E-state index in [1.165, 1.54) is 17.5 Å². The van der Waals surface area contributed by atoms with Crippen molar-refractivity contribution in [1.29, 1.82) is 0 Å². The van der Waals surface area contributed by atoms with Crippen LogP contribution in [0.3, 0.4) is 0 Å². The Balaban J connectivity index is 2.70. The van der Waals surface area contributed by atoms with Gasteiger partial charge in [-0.1, -0.05) is 58.9 Å². The molecule has 2 heteroatoms. The minimum atomic E-state index is 0.329. The van der Waals surface area contributed by atoms with Crippen molar-refractivity contribution in [3.05, 3.63) is 35.4 Å². The van der Waals surface area contributed by atoms with Crippen LogP contribution >= 0.6 is 11.8 Å². The molecule has 0 aromatic heterocycles. The minimum Gasteiger partial charge on any atom is -0.309 e. The first-order chi connectivity index (χ1) is 8.96. The first-order valence-electron chi connectivity index (χ1n) is 7.42. The van der Waals surface area contributed by atoms with Crippen LogP contribution in [-0.2, 0) is 6.42 Å². The van der Waals surface area contributed by atoms with Crippen molar-refractivity contribution in [1.82, 2.24) is 5.32 Å². The predicted octanol–water partition coefficient (Wildman–Crippen LogP) is 4.82. The van der Waals surface area contributed by atoms with E-state index in [-0.39, 0.29) is 0 Å². The van der Waals surface area contributed by atoms with Crippen LogP contribution in [0.1, 0.15) is 58.2 Å². The molecule has 1 aromatic rings. The summed E-state index contributed by atoms with van der Waals surface area (Å²) < 4.78 is 0.329. The fraction of sp³-hybridized carbons (Fsp3) is 0.647. The second-order valence-corrected chi connectivity index (χ2v) is 7.87. The predicted molar refractivity (Wildman–Crippen MR) is 89.1 cm³/mol. The molecule has 0 saturated heterocycles. The SMILES string of the molecule is CCCNC(CSC(C)(C)C)c1ccc(CC)cc1. The molecule has 1 nitrogen and oxygen atoms in total. The molecular weight excluding hydrogens is 250 g/mol. The van der Waals surface area contributed by atoms with Crippen LogP contribution in [0, 0.1) is 0 Å². The average Bonchev–Trinajstić information content (AvgIpc) is 2.38. The van der Waals surface area contributed by atoms with E-state index in [0.717, 1.165) is 18.7 Å². The third-order valence-corrected chi connectivity index (χ3v) is 4.48. The summed E-state index contributed by atoms with van der Waals surface area (Å²) in [6.45, 7) is 12.4. The van der Waals surface area contributed by atoms with Crippen LogP contribution in [0.2, 0.25) is 0 Å². The first-order valence-corrected chi connectivity index (χ1v) is 8.41. The summed E-state index contributed by atoms with van der Waals surface area (Å²) in [5.41, 5.74) is 2.84. The van der Waals surface area contributed by atoms with Gasteiger partial charge in [0.25, 0.3) is 0 Å². The molecule has 0 fully saturated rings. The number of hydrogen-bond donors (Lipinski definition) is 1. The smallest absolute Gasteiger partial charge is 0.0412 e. The van der Waals surface area contributed by atoms with E-state index in [1.54, 1.807) is 0 Å². The van der Waals surface area contributed by atoms with Gasteiger partial charge in [-0.25, -0.2) is 0 Å². The molecule has 0 radical (unpaired) electrons. The van der Waals surface area contributed by atoms with Crippen molar-refractivity contribution in [3.63, 3.8) is 0 Å². The zero-order valence-electron chi connectivity index (χ0n) is 13.1. The summed E-state index contributed by atoms with van der Waals surface area (Å²) in [5.74, 6) is 1.13. The Morgan fingerprint density at radius 1 is 1.11 bits per heavy atom. The van der Waals surface area contributed by atoms with E-state index in [0.29, 0.717) is 10.8 Å². The molecular formula is C17H29NS. The highest BCUT2D eigenvalue weighted by Crippen LogP contribution is 2.28. The maximum Gasteiger partial charge on any atom is 0.0412 e. The van der Waals surface area contributed by atoms with Crippen molar-refractivity contribution >= 4 is 11.8 Å². The van der Waals surface area contributed by atoms with Crippen molar-refractivity contribution in [3.8, 4) is 0 Å². The molecule has 0 aliphatic rings. The van der Waals surface area contributed by atoms with Gasteiger partial charge in [-0.15, -0.1) is 0 Å². The van der Waals surface area contributed by atoms with Crippen LogP contribution in [0.15, 0.2) is 24.3 Å². The number of nitrogens with one attached hydrogen (secondary N) is 1. The van der Waals surface area contributed by atoms with E-state index < -0.39 is 0 Å². The highest BCUT2D eigenvalue weighted by Gasteiger charge is 2.16. The summed E-state index contributed by atoms with van der Waals surface area (Å²) in [5, 5.41) is 3.67. The third-order valence-electron chi connectivity index (χ3n) is 3.11. The van der Waals surface area contributed by atoms with Crippen LogP contribution < -0.4 is 5.32 Å². The molecule has 0 bridgehead atoms. The summed E-state index contributed by atoms with van der Waals surface area (Å²) >= 11 is 2.03. The number of aryl methyl sites for hydroxylation is 1. The molecule has 0 amide bonds. The lowest BCUT2D eigenvalue weighted by Crippen LogP contribution is -2.26. The Labute approximate surface area is 123 Å². The van der Waals surface area contributed by atoms with Gasteiger partial charge >= 0.3 is 0 Å². The standard InChI is InChI=1S/C17H29NS/c1-6-12-18-16(13-19-17(3,4)5)15-10-8-14(7-2)9-11-15/h8-11,16,18H,6-7,12-13H2,1-5H3. The summed E-state index contributed by atoms with van der Waals surface area (Å²) in [7, 11) is 0. The Morgan fingerprint density at radius 3 is 2.21 bits per heavy atom. The lowest BCUT2D eigenvalue weighted by Gasteiger charge is -2.24. The average molecular weight is 279 g/mol. The zero-order valence-corrected chi connectivity index (χ0v) is 13.9. The van der Waals surface area contributed by atoms with Gasteiger partial charge < -0.3 is 5.32 Å². The molecule has 1 N–H and O–H groups in total. The number of thioether (sulfide) groups is 1. The van der Waals surface area contributed by atoms with Crippen LogP contribution in [0.5, 0.6) is 0 Å². The maximum atomic E-state index is 3.67. The van der Waals surface area contributed by atoms with Gasteiger partial charge in [-0.2, -0.15) is 11.8 Å². The lowest BCUT2D eigenvalue weighted by molar-refractivity contribution is 0.575. The molecule has 0 aliphatic heterocycles. The van der Waals surface area contributed by atoms with E-state index in [4.69, 9.17) is 0 Å². The Bertz CT molecular complexity index is 351. The van der Waals surface area contributed by atoms with Crippen LogP contribution in [-0.4, -0.2) is 17.0 Å². The molecule has 0 heterocycles. The topological polar surface area (TPSA) is 12.0 Å². The Morgan fingerprint density at radius 2 is 1.74 bits per heavy atom. The number of rotatable bonds is 7. The molecule has 108 valence electrons. The maximum absolute atomic E-state index is 3.67. The quantitative estimate of drug-likeness (QED) is 0.768. The normalized spacial score (nSPS) is 13.5. The fourth-order valence-corrected chi connectivity index (χ4v) is 2.89. The van der Waals surface area contributed by atoms with Gasteiger partial charge in [0.1, 0.15) is 0 Å². The number of benzene rings is 1. The monoisotopic (exact) mass is 279 g/mol. The summed E-state index contributed by atoms with van der Waals surface area (Å²) in [6, 6.07) is 9.57. The van der Waals surface area contributed by atoms with Crippen molar-refractivity contribution in [2.75, 3.05) is 12.3 Å². The molecule has 19 heavy (non-hydrogen) atoms.